The van der Waals surface area contributed by atoms with Gasteiger partial charge in [0.2, 0.25) is 0 Å². The minimum Gasteiger partial charge on any atom is -0.492 e. The third-order valence-corrected chi connectivity index (χ3v) is 3.67. The van der Waals surface area contributed by atoms with Crippen LogP contribution in [0.5, 0.6) is 5.75 Å². The average molecular weight is 336 g/mol. The fourth-order valence-electron chi connectivity index (χ4n) is 2.42. The number of fused-ring (bicyclic) bond motifs is 1. The molecule has 0 spiro atoms. The highest BCUT2D eigenvalue weighted by Crippen LogP contribution is 2.16. The van der Waals surface area contributed by atoms with E-state index in [1.807, 2.05) is 24.3 Å². The minimum absolute atomic E-state index is 0.198. The molecule has 6 nitrogen and oxygen atoms in total. The van der Waals surface area contributed by atoms with E-state index in [2.05, 4.69) is 10.3 Å². The van der Waals surface area contributed by atoms with Crippen LogP contribution < -0.4 is 10.1 Å². The van der Waals surface area contributed by atoms with Gasteiger partial charge in [0.15, 0.2) is 0 Å². The van der Waals surface area contributed by atoms with Crippen molar-refractivity contribution in [3.63, 3.8) is 0 Å². The van der Waals surface area contributed by atoms with Gasteiger partial charge in [0, 0.05) is 17.8 Å². The number of carbonyl (C=O) groups excluding carboxylic acids is 1. The van der Waals surface area contributed by atoms with Crippen LogP contribution in [0.2, 0.25) is 0 Å². The number of carbonyl (C=O) groups is 2. The number of carboxylic acids is 1. The van der Waals surface area contributed by atoms with Crippen molar-refractivity contribution in [2.75, 3.05) is 13.2 Å². The van der Waals surface area contributed by atoms with Gasteiger partial charge in [-0.3, -0.25) is 9.78 Å². The molecule has 2 N–H and O–H groups in total. The summed E-state index contributed by atoms with van der Waals surface area (Å²) >= 11 is 0. The van der Waals surface area contributed by atoms with Crippen molar-refractivity contribution < 1.29 is 19.4 Å². The van der Waals surface area contributed by atoms with Crippen LogP contribution in [0.15, 0.2) is 60.9 Å². The third kappa shape index (κ3) is 3.92. The summed E-state index contributed by atoms with van der Waals surface area (Å²) in [6.07, 6.45) is 3.26. The van der Waals surface area contributed by atoms with Crippen LogP contribution in [-0.2, 0) is 0 Å². The molecule has 0 radical (unpaired) electrons. The van der Waals surface area contributed by atoms with E-state index < -0.39 is 5.97 Å². The Morgan fingerprint density at radius 3 is 2.56 bits per heavy atom. The summed E-state index contributed by atoms with van der Waals surface area (Å²) in [5.41, 5.74) is 0.716. The number of hydrogen-bond acceptors (Lipinski definition) is 4. The van der Waals surface area contributed by atoms with E-state index >= 15 is 0 Å². The van der Waals surface area contributed by atoms with E-state index in [0.717, 1.165) is 10.8 Å². The summed E-state index contributed by atoms with van der Waals surface area (Å²) in [6.45, 7) is 0.596. The van der Waals surface area contributed by atoms with Gasteiger partial charge in [-0.05, 0) is 29.7 Å². The number of nitrogens with one attached hydrogen (secondary N) is 1. The molecule has 0 atom stereocenters. The van der Waals surface area contributed by atoms with E-state index in [1.165, 1.54) is 12.1 Å². The van der Waals surface area contributed by atoms with Crippen LogP contribution >= 0.6 is 0 Å². The van der Waals surface area contributed by atoms with Crippen molar-refractivity contribution in [1.82, 2.24) is 10.3 Å². The number of amides is 1. The molecule has 0 fully saturated rings. The van der Waals surface area contributed by atoms with Crippen molar-refractivity contribution in [3.05, 3.63) is 72.1 Å². The zero-order valence-corrected chi connectivity index (χ0v) is 13.3. The SMILES string of the molecule is O=C(O)c1ccc(OCCNC(=O)c2cncc3ccccc23)cc1. The molecule has 0 saturated carbocycles. The lowest BCUT2D eigenvalue weighted by molar-refractivity contribution is 0.0696. The van der Waals surface area contributed by atoms with E-state index in [1.54, 1.807) is 24.5 Å². The number of hydrogen-bond donors (Lipinski definition) is 2. The van der Waals surface area contributed by atoms with E-state index in [9.17, 15) is 9.59 Å². The van der Waals surface area contributed by atoms with Crippen molar-refractivity contribution >= 4 is 22.6 Å². The molecule has 3 aromatic rings. The van der Waals surface area contributed by atoms with Crippen LogP contribution in [0.3, 0.4) is 0 Å². The molecule has 0 unspecified atom stereocenters. The highest BCUT2D eigenvalue weighted by molar-refractivity contribution is 6.06. The van der Waals surface area contributed by atoms with E-state index in [0.29, 0.717) is 17.9 Å². The number of aromatic carboxylic acids is 1. The van der Waals surface area contributed by atoms with Crippen molar-refractivity contribution in [2.45, 2.75) is 0 Å². The first-order chi connectivity index (χ1) is 12.1. The second-order valence-corrected chi connectivity index (χ2v) is 5.34. The minimum atomic E-state index is -0.984. The molecule has 0 saturated heterocycles. The van der Waals surface area contributed by atoms with Gasteiger partial charge >= 0.3 is 5.97 Å². The molecule has 0 bridgehead atoms. The maximum atomic E-state index is 12.3. The topological polar surface area (TPSA) is 88.5 Å². The Morgan fingerprint density at radius 2 is 1.80 bits per heavy atom. The van der Waals surface area contributed by atoms with E-state index in [4.69, 9.17) is 9.84 Å². The Kier molecular flexibility index (Phi) is 4.89. The molecule has 0 aliphatic heterocycles. The number of nitrogens with zero attached hydrogens (tertiary/aromatic N) is 1. The molecule has 1 aromatic heterocycles. The average Bonchev–Trinajstić information content (AvgIpc) is 2.65. The Morgan fingerprint density at radius 1 is 1.04 bits per heavy atom. The lowest BCUT2D eigenvalue weighted by Crippen LogP contribution is -2.28. The zero-order chi connectivity index (χ0) is 17.6. The number of ether oxygens (including phenoxy) is 1. The van der Waals surface area contributed by atoms with Crippen LogP contribution in [-0.4, -0.2) is 35.1 Å². The van der Waals surface area contributed by atoms with Gasteiger partial charge in [0.1, 0.15) is 12.4 Å². The molecular weight excluding hydrogens is 320 g/mol. The van der Waals surface area contributed by atoms with Crippen molar-refractivity contribution in [1.29, 1.82) is 0 Å². The first kappa shape index (κ1) is 16.4. The summed E-state index contributed by atoms with van der Waals surface area (Å²) < 4.78 is 5.49. The number of aromatic nitrogens is 1. The van der Waals surface area contributed by atoms with Gasteiger partial charge in [0.25, 0.3) is 5.91 Å². The van der Waals surface area contributed by atoms with Gasteiger partial charge in [-0.2, -0.15) is 0 Å². The second-order valence-electron chi connectivity index (χ2n) is 5.34. The van der Waals surface area contributed by atoms with Gasteiger partial charge < -0.3 is 15.2 Å². The molecule has 1 amide bonds. The Balaban J connectivity index is 1.55. The normalized spacial score (nSPS) is 10.4. The quantitative estimate of drug-likeness (QED) is 0.676. The molecule has 2 aromatic carbocycles. The standard InChI is InChI=1S/C19H16N2O4/c22-18(17-12-20-11-14-3-1-2-4-16(14)17)21-9-10-25-15-7-5-13(6-8-15)19(23)24/h1-8,11-12H,9-10H2,(H,21,22)(H,23,24). The van der Waals surface area contributed by atoms with Crippen LogP contribution in [0.4, 0.5) is 0 Å². The second kappa shape index (κ2) is 7.44. The van der Waals surface area contributed by atoms with Gasteiger partial charge in [-0.15, -0.1) is 0 Å². The zero-order valence-electron chi connectivity index (χ0n) is 13.3. The summed E-state index contributed by atoms with van der Waals surface area (Å²) in [6, 6.07) is 13.7. The van der Waals surface area contributed by atoms with Crippen molar-refractivity contribution in [2.24, 2.45) is 0 Å². The Hall–Kier alpha value is -3.41. The summed E-state index contributed by atoms with van der Waals surface area (Å²) in [5, 5.41) is 13.4. The number of benzene rings is 2. The fraction of sp³-hybridized carbons (Fsp3) is 0.105. The Bertz CT molecular complexity index is 901. The lowest BCUT2D eigenvalue weighted by atomic mass is 10.1. The molecule has 6 heteroatoms. The summed E-state index contributed by atoms with van der Waals surface area (Å²) in [4.78, 5) is 27.2. The molecule has 0 aliphatic carbocycles. The molecule has 3 rings (SSSR count). The molecular formula is C19H16N2O4. The first-order valence-corrected chi connectivity index (χ1v) is 7.72. The fourth-order valence-corrected chi connectivity index (χ4v) is 2.42. The summed E-state index contributed by atoms with van der Waals surface area (Å²) in [7, 11) is 0. The Labute approximate surface area is 144 Å². The number of rotatable bonds is 6. The number of pyridine rings is 1. The third-order valence-electron chi connectivity index (χ3n) is 3.67. The molecule has 1 heterocycles. The van der Waals surface area contributed by atoms with Crippen LogP contribution in [0.25, 0.3) is 10.8 Å². The smallest absolute Gasteiger partial charge is 0.335 e. The molecule has 126 valence electrons. The first-order valence-electron chi connectivity index (χ1n) is 7.72. The highest BCUT2D eigenvalue weighted by atomic mass is 16.5. The number of carboxylic acid groups (broad SMARTS) is 1. The van der Waals surface area contributed by atoms with Crippen molar-refractivity contribution in [3.8, 4) is 5.75 Å². The van der Waals surface area contributed by atoms with Gasteiger partial charge in [-0.1, -0.05) is 24.3 Å². The monoisotopic (exact) mass is 336 g/mol. The maximum Gasteiger partial charge on any atom is 0.335 e. The molecule has 0 aliphatic rings. The van der Waals surface area contributed by atoms with E-state index in [-0.39, 0.29) is 18.1 Å². The highest BCUT2D eigenvalue weighted by Gasteiger charge is 2.09. The van der Waals surface area contributed by atoms with Crippen LogP contribution in [0, 0.1) is 0 Å². The van der Waals surface area contributed by atoms with Crippen LogP contribution in [0.1, 0.15) is 20.7 Å². The summed E-state index contributed by atoms with van der Waals surface area (Å²) in [5.74, 6) is -0.650. The largest absolute Gasteiger partial charge is 0.492 e. The van der Waals surface area contributed by atoms with Gasteiger partial charge in [-0.25, -0.2) is 4.79 Å². The van der Waals surface area contributed by atoms with Gasteiger partial charge in [0.05, 0.1) is 17.7 Å². The predicted molar refractivity (Wildman–Crippen MR) is 93.0 cm³/mol. The lowest BCUT2D eigenvalue weighted by Gasteiger charge is -2.09. The maximum absolute atomic E-state index is 12.3. The molecule has 25 heavy (non-hydrogen) atoms. The predicted octanol–water partition coefficient (Wildman–Crippen LogP) is 2.74.